The van der Waals surface area contributed by atoms with E-state index < -0.39 is 0 Å². The van der Waals surface area contributed by atoms with Crippen LogP contribution >= 0.6 is 0 Å². The topological polar surface area (TPSA) is 65.4 Å². The summed E-state index contributed by atoms with van der Waals surface area (Å²) in [5.74, 6) is 1.08. The molecule has 3 rings (SSSR count). The monoisotopic (exact) mass is 287 g/mol. The van der Waals surface area contributed by atoms with Crippen molar-refractivity contribution in [3.8, 4) is 11.5 Å². The minimum absolute atomic E-state index is 0.213. The van der Waals surface area contributed by atoms with E-state index in [4.69, 9.17) is 9.47 Å². The molecule has 6 heteroatoms. The van der Waals surface area contributed by atoms with Crippen LogP contribution in [0.25, 0.3) is 0 Å². The van der Waals surface area contributed by atoms with Gasteiger partial charge in [0.05, 0.1) is 0 Å². The predicted octanol–water partition coefficient (Wildman–Crippen LogP) is 2.75. The van der Waals surface area contributed by atoms with Gasteiger partial charge in [-0.25, -0.2) is 0 Å². The minimum Gasteiger partial charge on any atom is -0.454 e. The molecule has 110 valence electrons. The first-order chi connectivity index (χ1) is 10.0. The summed E-state index contributed by atoms with van der Waals surface area (Å²) in [6.07, 6.45) is 0. The van der Waals surface area contributed by atoms with Crippen molar-refractivity contribution in [2.24, 2.45) is 0 Å². The number of nitrogens with one attached hydrogen (secondary N) is 1. The number of nitrogens with zero attached hydrogens (tertiary/aromatic N) is 2. The number of aromatic nitrogens is 2. The molecule has 0 unspecified atom stereocenters. The largest absolute Gasteiger partial charge is 0.454 e. The highest BCUT2D eigenvalue weighted by atomic mass is 16.7. The van der Waals surface area contributed by atoms with Gasteiger partial charge in [-0.1, -0.05) is 0 Å². The highest BCUT2D eigenvalue weighted by molar-refractivity contribution is 6.03. The van der Waals surface area contributed by atoms with Crippen molar-refractivity contribution in [2.45, 2.75) is 26.8 Å². The van der Waals surface area contributed by atoms with Crippen molar-refractivity contribution >= 4 is 11.6 Å². The molecule has 0 fully saturated rings. The number of amides is 1. The molecule has 1 aromatic heterocycles. The Morgan fingerprint density at radius 1 is 1.29 bits per heavy atom. The molecule has 6 nitrogen and oxygen atoms in total. The number of fused-ring (bicyclic) bond motifs is 1. The highest BCUT2D eigenvalue weighted by Crippen LogP contribution is 2.34. The lowest BCUT2D eigenvalue weighted by Crippen LogP contribution is -2.14. The molecule has 1 amide bonds. The highest BCUT2D eigenvalue weighted by Gasteiger charge is 2.17. The molecular weight excluding hydrogens is 270 g/mol. The summed E-state index contributed by atoms with van der Waals surface area (Å²) in [4.78, 5) is 12.2. The van der Waals surface area contributed by atoms with Crippen LogP contribution < -0.4 is 14.8 Å². The summed E-state index contributed by atoms with van der Waals surface area (Å²) in [7, 11) is 0. The van der Waals surface area contributed by atoms with Gasteiger partial charge in [-0.05, 0) is 39.0 Å². The molecule has 21 heavy (non-hydrogen) atoms. The molecule has 0 atom stereocenters. The Labute approximate surface area is 122 Å². The second-order valence-corrected chi connectivity index (χ2v) is 5.23. The van der Waals surface area contributed by atoms with Crippen LogP contribution in [0.2, 0.25) is 0 Å². The Hall–Kier alpha value is -2.50. The van der Waals surface area contributed by atoms with E-state index in [1.165, 1.54) is 0 Å². The maximum absolute atomic E-state index is 12.2. The van der Waals surface area contributed by atoms with Gasteiger partial charge in [0, 0.05) is 23.5 Å². The first kappa shape index (κ1) is 13.5. The number of anilines is 1. The average Bonchev–Trinajstić information content (AvgIpc) is 3.04. The van der Waals surface area contributed by atoms with Crippen molar-refractivity contribution in [3.05, 3.63) is 35.7 Å². The first-order valence-electron chi connectivity index (χ1n) is 6.82. The fourth-order valence-electron chi connectivity index (χ4n) is 2.29. The summed E-state index contributed by atoms with van der Waals surface area (Å²) in [6, 6.07) is 7.29. The van der Waals surface area contributed by atoms with Crippen LogP contribution in [0.15, 0.2) is 24.3 Å². The zero-order chi connectivity index (χ0) is 15.0. The Morgan fingerprint density at radius 2 is 2.05 bits per heavy atom. The maximum atomic E-state index is 12.2. The van der Waals surface area contributed by atoms with Crippen LogP contribution in [0.3, 0.4) is 0 Å². The first-order valence-corrected chi connectivity index (χ1v) is 6.82. The van der Waals surface area contributed by atoms with Gasteiger partial charge >= 0.3 is 0 Å². The van der Waals surface area contributed by atoms with E-state index in [0.717, 1.165) is 5.69 Å². The summed E-state index contributed by atoms with van der Waals surface area (Å²) in [5, 5.41) is 7.14. The fraction of sp³-hybridized carbons (Fsp3) is 0.333. The number of ether oxygens (including phenoxy) is 2. The summed E-state index contributed by atoms with van der Waals surface area (Å²) >= 11 is 0. The van der Waals surface area contributed by atoms with Gasteiger partial charge in [0.2, 0.25) is 6.79 Å². The second kappa shape index (κ2) is 5.12. The SMILES string of the molecule is Cc1cc(C(=O)Nc2ccc3c(c2)OCO3)nn1C(C)C. The van der Waals surface area contributed by atoms with Crippen molar-refractivity contribution in [1.29, 1.82) is 0 Å². The van der Waals surface area contributed by atoms with Gasteiger partial charge in [0.15, 0.2) is 17.2 Å². The van der Waals surface area contributed by atoms with Crippen molar-refractivity contribution in [1.82, 2.24) is 9.78 Å². The zero-order valence-electron chi connectivity index (χ0n) is 12.2. The number of benzene rings is 1. The molecule has 0 spiro atoms. The van der Waals surface area contributed by atoms with E-state index in [1.807, 2.05) is 25.5 Å². The van der Waals surface area contributed by atoms with E-state index in [1.54, 1.807) is 24.3 Å². The van der Waals surface area contributed by atoms with E-state index in [2.05, 4.69) is 10.4 Å². The summed E-state index contributed by atoms with van der Waals surface area (Å²) in [6.45, 7) is 6.20. The number of hydrogen-bond donors (Lipinski definition) is 1. The van der Waals surface area contributed by atoms with Crippen LogP contribution in [0.5, 0.6) is 11.5 Å². The van der Waals surface area contributed by atoms with Crippen LogP contribution in [-0.2, 0) is 0 Å². The lowest BCUT2D eigenvalue weighted by Gasteiger charge is -2.07. The third-order valence-electron chi connectivity index (χ3n) is 3.27. The van der Waals surface area contributed by atoms with Gasteiger partial charge in [-0.3, -0.25) is 9.48 Å². The average molecular weight is 287 g/mol. The van der Waals surface area contributed by atoms with Crippen LogP contribution in [0, 0.1) is 6.92 Å². The molecular formula is C15H17N3O3. The van der Waals surface area contributed by atoms with Crippen molar-refractivity contribution < 1.29 is 14.3 Å². The van der Waals surface area contributed by atoms with Crippen LogP contribution in [0.1, 0.15) is 36.1 Å². The zero-order valence-corrected chi connectivity index (χ0v) is 12.2. The van der Waals surface area contributed by atoms with Gasteiger partial charge in [0.1, 0.15) is 0 Å². The molecule has 0 saturated heterocycles. The van der Waals surface area contributed by atoms with Crippen LogP contribution in [-0.4, -0.2) is 22.5 Å². The molecule has 2 aromatic rings. The van der Waals surface area contributed by atoms with Crippen molar-refractivity contribution in [3.63, 3.8) is 0 Å². The molecule has 1 aliphatic rings. The Kier molecular flexibility index (Phi) is 3.29. The second-order valence-electron chi connectivity index (χ2n) is 5.23. The van der Waals surface area contributed by atoms with E-state index in [9.17, 15) is 4.79 Å². The van der Waals surface area contributed by atoms with Gasteiger partial charge in [0.25, 0.3) is 5.91 Å². The lowest BCUT2D eigenvalue weighted by molar-refractivity contribution is 0.102. The number of hydrogen-bond acceptors (Lipinski definition) is 4. The number of rotatable bonds is 3. The van der Waals surface area contributed by atoms with E-state index in [0.29, 0.717) is 22.9 Å². The Morgan fingerprint density at radius 3 is 2.76 bits per heavy atom. The Balaban J connectivity index is 1.78. The third kappa shape index (κ3) is 2.56. The molecule has 0 radical (unpaired) electrons. The molecule has 0 aliphatic carbocycles. The van der Waals surface area contributed by atoms with E-state index in [-0.39, 0.29) is 18.7 Å². The maximum Gasteiger partial charge on any atom is 0.276 e. The normalized spacial score (nSPS) is 12.8. The summed E-state index contributed by atoms with van der Waals surface area (Å²) in [5.41, 5.74) is 2.01. The van der Waals surface area contributed by atoms with Crippen molar-refractivity contribution in [2.75, 3.05) is 12.1 Å². The van der Waals surface area contributed by atoms with Gasteiger partial charge in [-0.15, -0.1) is 0 Å². The molecule has 0 saturated carbocycles. The molecule has 2 heterocycles. The quantitative estimate of drug-likeness (QED) is 0.942. The van der Waals surface area contributed by atoms with Gasteiger partial charge < -0.3 is 14.8 Å². The number of carbonyl (C=O) groups excluding carboxylic acids is 1. The fourth-order valence-corrected chi connectivity index (χ4v) is 2.29. The smallest absolute Gasteiger partial charge is 0.276 e. The lowest BCUT2D eigenvalue weighted by atomic mass is 10.2. The standard InChI is InChI=1S/C15H17N3O3/c1-9(2)18-10(3)6-12(17-18)15(19)16-11-4-5-13-14(7-11)21-8-20-13/h4-7,9H,8H2,1-3H3,(H,16,19). The summed E-state index contributed by atoms with van der Waals surface area (Å²) < 4.78 is 12.4. The molecule has 0 bridgehead atoms. The minimum atomic E-state index is -0.239. The predicted molar refractivity (Wildman–Crippen MR) is 77.9 cm³/mol. The van der Waals surface area contributed by atoms with Gasteiger partial charge in [-0.2, -0.15) is 5.10 Å². The molecule has 1 N–H and O–H groups in total. The number of carbonyl (C=O) groups is 1. The third-order valence-corrected chi connectivity index (χ3v) is 3.27. The molecule has 1 aliphatic heterocycles. The Bertz CT molecular complexity index is 691. The van der Waals surface area contributed by atoms with E-state index >= 15 is 0 Å². The van der Waals surface area contributed by atoms with Crippen LogP contribution in [0.4, 0.5) is 5.69 Å². The molecule has 1 aromatic carbocycles. The number of aryl methyl sites for hydroxylation is 1.